The van der Waals surface area contributed by atoms with Gasteiger partial charge in [-0.05, 0) is 42.7 Å². The average Bonchev–Trinajstić information content (AvgIpc) is 2.60. The van der Waals surface area contributed by atoms with Gasteiger partial charge in [-0.2, -0.15) is 0 Å². The van der Waals surface area contributed by atoms with Gasteiger partial charge in [0.1, 0.15) is 0 Å². The molecule has 0 spiro atoms. The summed E-state index contributed by atoms with van der Waals surface area (Å²) in [6, 6.07) is 12.2. The van der Waals surface area contributed by atoms with Gasteiger partial charge < -0.3 is 4.74 Å². The first kappa shape index (κ1) is 19.2. The number of aryl methyl sites for hydroxylation is 1. The lowest BCUT2D eigenvalue weighted by molar-refractivity contribution is -0.140. The van der Waals surface area contributed by atoms with Crippen LogP contribution in [-0.2, 0) is 16.0 Å². The summed E-state index contributed by atoms with van der Waals surface area (Å²) in [5.74, 6) is -0.856. The molecule has 0 aliphatic carbocycles. The van der Waals surface area contributed by atoms with Crippen LogP contribution < -0.4 is 0 Å². The number of carbonyl (C=O) groups excluding carboxylic acids is 2. The molecule has 2 rings (SSSR count). The van der Waals surface area contributed by atoms with Crippen LogP contribution >= 0.6 is 23.2 Å². The summed E-state index contributed by atoms with van der Waals surface area (Å²) in [6.07, 6.45) is 2.79. The Morgan fingerprint density at radius 2 is 1.80 bits per heavy atom. The molecule has 0 unspecified atom stereocenters. The van der Waals surface area contributed by atoms with Gasteiger partial charge in [0.15, 0.2) is 6.10 Å². The lowest BCUT2D eigenvalue weighted by atomic mass is 10.0. The molecule has 0 heterocycles. The number of ketones is 1. The lowest BCUT2D eigenvalue weighted by Crippen LogP contribution is -2.23. The van der Waals surface area contributed by atoms with E-state index in [1.165, 1.54) is 12.2 Å². The fraction of sp³-hybridized carbons (Fsp3) is 0.200. The van der Waals surface area contributed by atoms with Gasteiger partial charge in [-0.3, -0.25) is 4.79 Å². The van der Waals surface area contributed by atoms with Crippen molar-refractivity contribution < 1.29 is 14.3 Å². The normalized spacial score (nSPS) is 12.2. The molecule has 3 nitrogen and oxygen atoms in total. The van der Waals surface area contributed by atoms with Crippen molar-refractivity contribution in [3.63, 3.8) is 0 Å². The first-order chi connectivity index (χ1) is 11.9. The molecule has 0 N–H and O–H groups in total. The van der Waals surface area contributed by atoms with Crippen molar-refractivity contribution >= 4 is 41.0 Å². The fourth-order valence-corrected chi connectivity index (χ4v) is 2.67. The topological polar surface area (TPSA) is 43.4 Å². The molecule has 1 atom stereocenters. The van der Waals surface area contributed by atoms with Crippen molar-refractivity contribution in [1.29, 1.82) is 0 Å². The summed E-state index contributed by atoms with van der Waals surface area (Å²) in [5, 5.41) is 0.940. The van der Waals surface area contributed by atoms with Crippen LogP contribution in [0.3, 0.4) is 0 Å². The molecule has 2 aromatic carbocycles. The smallest absolute Gasteiger partial charge is 0.331 e. The van der Waals surface area contributed by atoms with Gasteiger partial charge in [0.25, 0.3) is 0 Å². The third-order valence-corrected chi connectivity index (χ3v) is 4.23. The first-order valence-electron chi connectivity index (χ1n) is 7.87. The van der Waals surface area contributed by atoms with Crippen molar-refractivity contribution in [3.05, 3.63) is 75.3 Å². The highest BCUT2D eigenvalue weighted by Gasteiger charge is 2.18. The van der Waals surface area contributed by atoms with E-state index in [4.69, 9.17) is 27.9 Å². The predicted octanol–water partition coefficient (Wildman–Crippen LogP) is 5.38. The van der Waals surface area contributed by atoms with E-state index in [1.807, 2.05) is 19.1 Å². The predicted molar refractivity (Wildman–Crippen MR) is 101 cm³/mol. The summed E-state index contributed by atoms with van der Waals surface area (Å²) in [7, 11) is 0. The molecule has 2 aromatic rings. The Hall–Kier alpha value is -2.10. The Labute approximate surface area is 157 Å². The zero-order chi connectivity index (χ0) is 18.4. The quantitative estimate of drug-likeness (QED) is 0.385. The van der Waals surface area contributed by atoms with E-state index in [9.17, 15) is 9.59 Å². The van der Waals surface area contributed by atoms with Crippen molar-refractivity contribution in [1.82, 2.24) is 0 Å². The second-order valence-electron chi connectivity index (χ2n) is 5.49. The minimum Gasteiger partial charge on any atom is -0.451 e. The molecule has 0 aliphatic heterocycles. The molecule has 0 saturated carbocycles. The lowest BCUT2D eigenvalue weighted by Gasteiger charge is -2.11. The van der Waals surface area contributed by atoms with Crippen LogP contribution in [0.15, 0.2) is 48.5 Å². The van der Waals surface area contributed by atoms with Gasteiger partial charge in [0.2, 0.25) is 5.78 Å². The maximum atomic E-state index is 12.3. The third kappa shape index (κ3) is 5.45. The van der Waals surface area contributed by atoms with Crippen LogP contribution in [0.2, 0.25) is 10.0 Å². The molecular formula is C20H18Cl2O3. The number of rotatable bonds is 6. The Morgan fingerprint density at radius 1 is 1.12 bits per heavy atom. The number of hydrogen-bond acceptors (Lipinski definition) is 3. The standard InChI is InChI=1S/C20H18Cl2O3/c1-3-14-4-6-16(7-5-14)20(24)13(2)25-19(23)11-9-15-8-10-17(21)12-18(15)22/h4-13H,3H2,1-2H3/b11-9+/t13-/m1/s1. The van der Waals surface area contributed by atoms with E-state index < -0.39 is 12.1 Å². The summed E-state index contributed by atoms with van der Waals surface area (Å²) in [5.41, 5.74) is 2.29. The van der Waals surface area contributed by atoms with E-state index in [1.54, 1.807) is 37.3 Å². The summed E-state index contributed by atoms with van der Waals surface area (Å²) >= 11 is 11.9. The Morgan fingerprint density at radius 3 is 2.40 bits per heavy atom. The summed E-state index contributed by atoms with van der Waals surface area (Å²) in [6.45, 7) is 3.59. The van der Waals surface area contributed by atoms with E-state index >= 15 is 0 Å². The zero-order valence-electron chi connectivity index (χ0n) is 14.0. The van der Waals surface area contributed by atoms with Crippen LogP contribution in [0.5, 0.6) is 0 Å². The van der Waals surface area contributed by atoms with Crippen LogP contribution in [0.1, 0.15) is 35.3 Å². The number of carbonyl (C=O) groups is 2. The maximum absolute atomic E-state index is 12.3. The Bertz CT molecular complexity index is 795. The molecule has 0 aliphatic rings. The Balaban J connectivity index is 1.98. The third-order valence-electron chi connectivity index (χ3n) is 3.67. The second kappa shape index (κ2) is 8.84. The van der Waals surface area contributed by atoms with E-state index in [2.05, 4.69) is 0 Å². The number of hydrogen-bond donors (Lipinski definition) is 0. The van der Waals surface area contributed by atoms with Gasteiger partial charge in [-0.25, -0.2) is 4.79 Å². The number of Topliss-reactive ketones (excluding diaryl/α,β-unsaturated/α-hetero) is 1. The van der Waals surface area contributed by atoms with Crippen molar-refractivity contribution in [3.8, 4) is 0 Å². The van der Waals surface area contributed by atoms with E-state index in [-0.39, 0.29) is 5.78 Å². The molecule has 130 valence electrons. The van der Waals surface area contributed by atoms with Gasteiger partial charge in [0.05, 0.1) is 0 Å². The summed E-state index contributed by atoms with van der Waals surface area (Å²) < 4.78 is 5.16. The summed E-state index contributed by atoms with van der Waals surface area (Å²) in [4.78, 5) is 24.2. The Kier molecular flexibility index (Phi) is 6.80. The zero-order valence-corrected chi connectivity index (χ0v) is 15.5. The van der Waals surface area contributed by atoms with E-state index in [0.717, 1.165) is 12.0 Å². The minimum atomic E-state index is -0.870. The first-order valence-corrected chi connectivity index (χ1v) is 8.63. The number of benzene rings is 2. The van der Waals surface area contributed by atoms with Gasteiger partial charge in [-0.1, -0.05) is 60.5 Å². The van der Waals surface area contributed by atoms with Gasteiger partial charge in [-0.15, -0.1) is 0 Å². The molecule has 25 heavy (non-hydrogen) atoms. The van der Waals surface area contributed by atoms with Crippen LogP contribution in [0.25, 0.3) is 6.08 Å². The highest BCUT2D eigenvalue weighted by molar-refractivity contribution is 6.35. The number of esters is 1. The highest BCUT2D eigenvalue weighted by Crippen LogP contribution is 2.22. The minimum absolute atomic E-state index is 0.242. The molecule has 0 radical (unpaired) electrons. The molecule has 0 bridgehead atoms. The average molecular weight is 377 g/mol. The van der Waals surface area contributed by atoms with E-state index in [0.29, 0.717) is 21.2 Å². The van der Waals surface area contributed by atoms with Gasteiger partial charge >= 0.3 is 5.97 Å². The molecule has 0 saturated heterocycles. The number of halogens is 2. The molecule has 0 fully saturated rings. The largest absolute Gasteiger partial charge is 0.451 e. The molecule has 0 amide bonds. The highest BCUT2D eigenvalue weighted by atomic mass is 35.5. The van der Waals surface area contributed by atoms with Crippen molar-refractivity contribution in [2.24, 2.45) is 0 Å². The molecule has 5 heteroatoms. The number of ether oxygens (including phenoxy) is 1. The maximum Gasteiger partial charge on any atom is 0.331 e. The fourth-order valence-electron chi connectivity index (χ4n) is 2.20. The van der Waals surface area contributed by atoms with Crippen LogP contribution in [-0.4, -0.2) is 17.9 Å². The van der Waals surface area contributed by atoms with Crippen LogP contribution in [0.4, 0.5) is 0 Å². The molecular weight excluding hydrogens is 359 g/mol. The van der Waals surface area contributed by atoms with Crippen molar-refractivity contribution in [2.45, 2.75) is 26.4 Å². The SMILES string of the molecule is CCc1ccc(C(=O)[C@@H](C)OC(=O)/C=C/c2ccc(Cl)cc2Cl)cc1. The molecule has 0 aromatic heterocycles. The monoisotopic (exact) mass is 376 g/mol. The second-order valence-corrected chi connectivity index (χ2v) is 6.34. The van der Waals surface area contributed by atoms with Crippen LogP contribution in [0, 0.1) is 0 Å². The van der Waals surface area contributed by atoms with Gasteiger partial charge in [0, 0.05) is 21.7 Å². The van der Waals surface area contributed by atoms with Crippen molar-refractivity contribution in [2.75, 3.05) is 0 Å².